The number of benzene rings is 1. The first-order valence-electron chi connectivity index (χ1n) is 11.0. The maximum atomic E-state index is 12.8. The molecule has 0 saturated heterocycles. The lowest BCUT2D eigenvalue weighted by Gasteiger charge is -2.30. The maximum absolute atomic E-state index is 12.8. The van der Waals surface area contributed by atoms with E-state index in [4.69, 9.17) is 17.0 Å². The summed E-state index contributed by atoms with van der Waals surface area (Å²) >= 11 is 0. The second-order valence-electron chi connectivity index (χ2n) is 9.36. The number of anilines is 2. The summed E-state index contributed by atoms with van der Waals surface area (Å²) in [6.45, 7) is 12.9. The van der Waals surface area contributed by atoms with Gasteiger partial charge in [-0.05, 0) is 57.9 Å². The van der Waals surface area contributed by atoms with Gasteiger partial charge >= 0.3 is 12.3 Å². The Morgan fingerprint density at radius 2 is 1.86 bits per heavy atom. The van der Waals surface area contributed by atoms with Crippen LogP contribution in [0, 0.1) is 6.57 Å². The number of nitrogens with zero attached hydrogens (tertiary/aromatic N) is 3. The van der Waals surface area contributed by atoms with Crippen molar-refractivity contribution in [3.8, 4) is 0 Å². The number of primary amides is 1. The number of alkyl halides is 3. The highest BCUT2D eigenvalue weighted by molar-refractivity contribution is 5.98. The molecule has 0 aliphatic heterocycles. The highest BCUT2D eigenvalue weighted by Crippen LogP contribution is 2.34. The van der Waals surface area contributed by atoms with Crippen LogP contribution in [0.5, 0.6) is 0 Å². The normalized spacial score (nSPS) is 20.5. The molecule has 0 unspecified atom stereocenters. The lowest BCUT2D eigenvalue weighted by Crippen LogP contribution is -2.44. The number of amides is 2. The molecule has 1 aliphatic rings. The molecule has 0 radical (unpaired) electrons. The fourth-order valence-electron chi connectivity index (χ4n) is 3.90. The van der Waals surface area contributed by atoms with Crippen molar-refractivity contribution in [2.75, 3.05) is 5.32 Å². The van der Waals surface area contributed by atoms with Gasteiger partial charge in [0.05, 0.1) is 5.56 Å². The maximum Gasteiger partial charge on any atom is 0.416 e. The van der Waals surface area contributed by atoms with Gasteiger partial charge in [-0.3, -0.25) is 9.48 Å². The molecular weight excluding hydrogens is 465 g/mol. The van der Waals surface area contributed by atoms with Crippen LogP contribution in [-0.4, -0.2) is 39.5 Å². The summed E-state index contributed by atoms with van der Waals surface area (Å²) in [7, 11) is 0. The van der Waals surface area contributed by atoms with Crippen molar-refractivity contribution in [1.82, 2.24) is 15.1 Å². The smallest absolute Gasteiger partial charge is 0.416 e. The number of halogens is 3. The number of carbonyl (C=O) groups excluding carboxylic acids is 2. The Hall–Kier alpha value is -3.75. The van der Waals surface area contributed by atoms with E-state index >= 15 is 0 Å². The fourth-order valence-corrected chi connectivity index (χ4v) is 3.90. The largest absolute Gasteiger partial charge is 0.444 e. The molecule has 12 heteroatoms. The molecular formula is C23H27F3N6O3. The molecule has 1 aromatic carbocycles. The van der Waals surface area contributed by atoms with Crippen molar-refractivity contribution in [3.63, 3.8) is 0 Å². The van der Waals surface area contributed by atoms with E-state index in [-0.39, 0.29) is 29.2 Å². The molecule has 1 saturated carbocycles. The molecule has 1 aromatic heterocycles. The van der Waals surface area contributed by atoms with Crippen molar-refractivity contribution in [2.45, 2.75) is 69.9 Å². The molecule has 3 rings (SSSR count). The summed E-state index contributed by atoms with van der Waals surface area (Å²) in [4.78, 5) is 27.8. The molecule has 1 heterocycles. The zero-order valence-electron chi connectivity index (χ0n) is 19.5. The van der Waals surface area contributed by atoms with Gasteiger partial charge in [-0.15, -0.1) is 0 Å². The topological polar surface area (TPSA) is 116 Å². The van der Waals surface area contributed by atoms with Crippen LogP contribution in [0.4, 0.5) is 29.5 Å². The Morgan fingerprint density at radius 3 is 2.40 bits per heavy atom. The van der Waals surface area contributed by atoms with Crippen LogP contribution in [0.3, 0.4) is 0 Å². The molecule has 2 aromatic rings. The zero-order valence-corrected chi connectivity index (χ0v) is 19.5. The van der Waals surface area contributed by atoms with E-state index in [2.05, 4.69) is 20.6 Å². The number of nitrogens with one attached hydrogen (secondary N) is 2. The Kier molecular flexibility index (Phi) is 7.28. The standard InChI is InChI=1S/C23H27F3N6O3/c1-22(2,3)35-21(34)30-15-9-10-18(17(11-15)28-4)32-12-16(19(27)33)20(31-32)29-14-7-5-13(6-8-14)23(24,25)26/h5-8,12,15,17-18H,9-11H2,1-3H3,(H2,27,33)(H,29,31)(H,30,34)/t15-,17+,18+/m0/s1. The molecule has 0 bridgehead atoms. The minimum Gasteiger partial charge on any atom is -0.444 e. The van der Waals surface area contributed by atoms with Crippen molar-refractivity contribution in [3.05, 3.63) is 53.0 Å². The minimum atomic E-state index is -4.47. The van der Waals surface area contributed by atoms with Gasteiger partial charge in [0, 0.05) is 24.3 Å². The van der Waals surface area contributed by atoms with Crippen LogP contribution >= 0.6 is 0 Å². The van der Waals surface area contributed by atoms with E-state index in [1.807, 2.05) is 0 Å². The number of alkyl carbamates (subject to hydrolysis) is 1. The molecule has 0 spiro atoms. The summed E-state index contributed by atoms with van der Waals surface area (Å²) in [5, 5.41) is 10.0. The predicted molar refractivity (Wildman–Crippen MR) is 122 cm³/mol. The van der Waals surface area contributed by atoms with E-state index < -0.39 is 35.4 Å². The Balaban J connectivity index is 1.75. The molecule has 9 nitrogen and oxygen atoms in total. The van der Waals surface area contributed by atoms with Crippen molar-refractivity contribution in [2.24, 2.45) is 5.73 Å². The average Bonchev–Trinajstić information content (AvgIpc) is 3.15. The number of aromatic nitrogens is 2. The minimum absolute atomic E-state index is 0.0441. The molecule has 3 atom stereocenters. The third-order valence-electron chi connectivity index (χ3n) is 5.48. The van der Waals surface area contributed by atoms with Gasteiger partial charge in [0.2, 0.25) is 6.04 Å². The molecule has 1 fully saturated rings. The Morgan fingerprint density at radius 1 is 1.20 bits per heavy atom. The first-order valence-corrected chi connectivity index (χ1v) is 11.0. The van der Waals surface area contributed by atoms with Gasteiger partial charge in [-0.2, -0.15) is 18.3 Å². The molecule has 188 valence electrons. The lowest BCUT2D eigenvalue weighted by molar-refractivity contribution is -0.137. The van der Waals surface area contributed by atoms with Gasteiger partial charge in [0.25, 0.3) is 5.91 Å². The zero-order chi connectivity index (χ0) is 26.0. The van der Waals surface area contributed by atoms with Crippen LogP contribution in [0.2, 0.25) is 0 Å². The summed E-state index contributed by atoms with van der Waals surface area (Å²) < 4.78 is 45.2. The summed E-state index contributed by atoms with van der Waals surface area (Å²) in [5.41, 5.74) is 4.37. The van der Waals surface area contributed by atoms with Crippen LogP contribution in [0.15, 0.2) is 30.5 Å². The quantitative estimate of drug-likeness (QED) is 0.526. The van der Waals surface area contributed by atoms with Gasteiger partial charge in [-0.25, -0.2) is 11.4 Å². The monoisotopic (exact) mass is 492 g/mol. The van der Waals surface area contributed by atoms with E-state index in [0.29, 0.717) is 19.3 Å². The van der Waals surface area contributed by atoms with Crippen molar-refractivity contribution in [1.29, 1.82) is 0 Å². The van der Waals surface area contributed by atoms with Crippen LogP contribution < -0.4 is 16.4 Å². The first-order chi connectivity index (χ1) is 16.3. The van der Waals surface area contributed by atoms with Crippen molar-refractivity contribution >= 4 is 23.5 Å². The second kappa shape index (κ2) is 9.85. The van der Waals surface area contributed by atoms with E-state index in [1.165, 1.54) is 23.0 Å². The number of hydrogen-bond donors (Lipinski definition) is 3. The Bertz CT molecular complexity index is 1120. The van der Waals surface area contributed by atoms with Gasteiger partial charge in [0.15, 0.2) is 5.82 Å². The highest BCUT2D eigenvalue weighted by atomic mass is 19.4. The third kappa shape index (κ3) is 6.65. The Labute approximate surface area is 200 Å². The molecule has 1 aliphatic carbocycles. The van der Waals surface area contributed by atoms with Crippen LogP contribution in [0.1, 0.15) is 62.0 Å². The molecule has 2 amide bonds. The second-order valence-corrected chi connectivity index (χ2v) is 9.36. The van der Waals surface area contributed by atoms with Gasteiger partial charge < -0.3 is 25.9 Å². The van der Waals surface area contributed by atoms with Gasteiger partial charge in [-0.1, -0.05) is 0 Å². The number of rotatable bonds is 5. The summed E-state index contributed by atoms with van der Waals surface area (Å²) in [6, 6.07) is 3.10. The number of hydrogen-bond acceptors (Lipinski definition) is 5. The van der Waals surface area contributed by atoms with E-state index in [9.17, 15) is 22.8 Å². The fraction of sp³-hybridized carbons (Fsp3) is 0.478. The number of nitrogens with two attached hydrogens (primary N) is 1. The average molecular weight is 493 g/mol. The predicted octanol–water partition coefficient (Wildman–Crippen LogP) is 4.65. The van der Waals surface area contributed by atoms with Crippen LogP contribution in [0.25, 0.3) is 4.85 Å². The number of ether oxygens (including phenoxy) is 1. The van der Waals surface area contributed by atoms with Gasteiger partial charge in [0.1, 0.15) is 17.2 Å². The van der Waals surface area contributed by atoms with Crippen molar-refractivity contribution < 1.29 is 27.5 Å². The van der Waals surface area contributed by atoms with E-state index in [0.717, 1.165) is 12.1 Å². The SMILES string of the molecule is [C-]#[N+][C@@H]1C[C@@H](NC(=O)OC(C)(C)C)CC[C@H]1n1cc(C(N)=O)c(Nc2ccc(C(F)(F)F)cc2)n1. The third-order valence-corrected chi connectivity index (χ3v) is 5.48. The number of carbonyl (C=O) groups is 2. The summed E-state index contributed by atoms with van der Waals surface area (Å²) in [6.07, 6.45) is -2.18. The molecule has 4 N–H and O–H groups in total. The summed E-state index contributed by atoms with van der Waals surface area (Å²) in [5.74, 6) is -0.694. The first kappa shape index (κ1) is 25.9. The van der Waals surface area contributed by atoms with E-state index in [1.54, 1.807) is 20.8 Å². The lowest BCUT2D eigenvalue weighted by atomic mass is 9.87. The highest BCUT2D eigenvalue weighted by Gasteiger charge is 2.38. The molecule has 35 heavy (non-hydrogen) atoms. The van der Waals surface area contributed by atoms with Crippen LogP contribution in [-0.2, 0) is 10.9 Å².